The molecule has 0 unspecified atom stereocenters. The molecule has 0 aliphatic heterocycles. The van der Waals surface area contributed by atoms with Crippen LogP contribution < -0.4 is 0 Å². The van der Waals surface area contributed by atoms with Crippen LogP contribution in [0.25, 0.3) is 11.4 Å². The van der Waals surface area contributed by atoms with Crippen LogP contribution in [0, 0.1) is 18.3 Å². The lowest BCUT2D eigenvalue weighted by molar-refractivity contribution is 0.792. The van der Waals surface area contributed by atoms with E-state index in [4.69, 9.17) is 5.26 Å². The van der Waals surface area contributed by atoms with E-state index < -0.39 is 0 Å². The van der Waals surface area contributed by atoms with Gasteiger partial charge in [0.15, 0.2) is 11.0 Å². The fourth-order valence-corrected chi connectivity index (χ4v) is 2.85. The van der Waals surface area contributed by atoms with Crippen LogP contribution in [-0.4, -0.2) is 19.7 Å². The van der Waals surface area contributed by atoms with E-state index in [0.717, 1.165) is 21.6 Å². The first-order valence-corrected chi connectivity index (χ1v) is 7.50. The van der Waals surface area contributed by atoms with E-state index in [2.05, 4.69) is 21.2 Å². The molecule has 0 N–H and O–H groups in total. The summed E-state index contributed by atoms with van der Waals surface area (Å²) in [6, 6.07) is 15.5. The normalized spacial score (nSPS) is 10.4. The molecule has 0 aliphatic rings. The number of hydrogen-bond donors (Lipinski definition) is 0. The molecule has 5 nitrogen and oxygen atoms in total. The van der Waals surface area contributed by atoms with Crippen molar-refractivity contribution in [3.8, 4) is 17.5 Å². The number of benzene rings is 1. The molecular weight excluding hydrogens is 294 g/mol. The number of rotatable bonds is 3. The van der Waals surface area contributed by atoms with Crippen LogP contribution in [0.2, 0.25) is 0 Å². The van der Waals surface area contributed by atoms with Gasteiger partial charge < -0.3 is 4.57 Å². The minimum absolute atomic E-state index is 0.395. The van der Waals surface area contributed by atoms with Gasteiger partial charge in [0.25, 0.3) is 0 Å². The molecule has 0 atom stereocenters. The van der Waals surface area contributed by atoms with Gasteiger partial charge in [0.1, 0.15) is 16.8 Å². The van der Waals surface area contributed by atoms with E-state index in [1.165, 1.54) is 17.3 Å². The summed E-state index contributed by atoms with van der Waals surface area (Å²) < 4.78 is 1.93. The molecule has 0 bridgehead atoms. The van der Waals surface area contributed by atoms with Crippen LogP contribution in [-0.2, 0) is 7.05 Å². The van der Waals surface area contributed by atoms with E-state index >= 15 is 0 Å². The highest BCUT2D eigenvalue weighted by Crippen LogP contribution is 2.27. The van der Waals surface area contributed by atoms with Crippen molar-refractivity contribution in [1.29, 1.82) is 5.26 Å². The summed E-state index contributed by atoms with van der Waals surface area (Å²) in [5.74, 6) is 0.808. The van der Waals surface area contributed by atoms with Crippen LogP contribution in [0.3, 0.4) is 0 Å². The van der Waals surface area contributed by atoms with E-state index in [1.54, 1.807) is 6.07 Å². The van der Waals surface area contributed by atoms with Crippen molar-refractivity contribution in [3.05, 3.63) is 53.7 Å². The Morgan fingerprint density at radius 1 is 1.14 bits per heavy atom. The third kappa shape index (κ3) is 2.85. The number of aromatic nitrogens is 4. The first-order valence-electron chi connectivity index (χ1n) is 6.69. The summed E-state index contributed by atoms with van der Waals surface area (Å²) in [7, 11) is 1.92. The fourth-order valence-electron chi connectivity index (χ4n) is 2.07. The minimum atomic E-state index is 0.395. The zero-order valence-electron chi connectivity index (χ0n) is 12.2. The van der Waals surface area contributed by atoms with Crippen LogP contribution in [0.1, 0.15) is 11.3 Å². The van der Waals surface area contributed by atoms with Gasteiger partial charge in [0, 0.05) is 12.6 Å². The van der Waals surface area contributed by atoms with Crippen molar-refractivity contribution in [3.63, 3.8) is 0 Å². The van der Waals surface area contributed by atoms with Crippen LogP contribution in [0.4, 0.5) is 0 Å². The van der Waals surface area contributed by atoms with Crippen molar-refractivity contribution in [2.45, 2.75) is 17.1 Å². The molecule has 0 spiro atoms. The lowest BCUT2D eigenvalue weighted by atomic mass is 10.1. The number of aryl methyl sites for hydroxylation is 1. The predicted octanol–water partition coefficient (Wildman–Crippen LogP) is 3.21. The van der Waals surface area contributed by atoms with Crippen molar-refractivity contribution < 1.29 is 0 Å². The Bertz CT molecular complexity index is 863. The van der Waals surface area contributed by atoms with Gasteiger partial charge in [-0.25, -0.2) is 4.98 Å². The molecule has 2 aromatic heterocycles. The molecule has 2 heterocycles. The fraction of sp³-hybridized carbons (Fsp3) is 0.125. The maximum absolute atomic E-state index is 8.91. The SMILES string of the molecule is Cc1cccc(-c2nnc(Sc3cccc(C#N)n3)n2C)c1. The predicted molar refractivity (Wildman–Crippen MR) is 84.3 cm³/mol. The van der Waals surface area contributed by atoms with Gasteiger partial charge in [-0.3, -0.25) is 0 Å². The van der Waals surface area contributed by atoms with Gasteiger partial charge in [-0.05, 0) is 36.9 Å². The number of pyridine rings is 1. The van der Waals surface area contributed by atoms with E-state index in [-0.39, 0.29) is 0 Å². The lowest BCUT2D eigenvalue weighted by Gasteiger charge is -2.04. The highest BCUT2D eigenvalue weighted by molar-refractivity contribution is 7.99. The quantitative estimate of drug-likeness (QED) is 0.743. The molecule has 22 heavy (non-hydrogen) atoms. The molecule has 108 valence electrons. The zero-order chi connectivity index (χ0) is 15.5. The summed E-state index contributed by atoms with van der Waals surface area (Å²) in [6.07, 6.45) is 0. The van der Waals surface area contributed by atoms with Gasteiger partial charge in [0.05, 0.1) is 0 Å². The van der Waals surface area contributed by atoms with E-state index in [9.17, 15) is 0 Å². The Labute approximate surface area is 132 Å². The van der Waals surface area contributed by atoms with Crippen molar-refractivity contribution >= 4 is 11.8 Å². The van der Waals surface area contributed by atoms with Crippen molar-refractivity contribution in [1.82, 2.24) is 19.7 Å². The summed E-state index contributed by atoms with van der Waals surface area (Å²) in [4.78, 5) is 4.24. The maximum atomic E-state index is 8.91. The van der Waals surface area contributed by atoms with Gasteiger partial charge in [-0.1, -0.05) is 29.8 Å². The van der Waals surface area contributed by atoms with Crippen molar-refractivity contribution in [2.75, 3.05) is 0 Å². The molecule has 0 fully saturated rings. The molecule has 0 saturated carbocycles. The first kappa shape index (κ1) is 14.3. The molecule has 6 heteroatoms. The smallest absolute Gasteiger partial charge is 0.197 e. The number of hydrogen-bond acceptors (Lipinski definition) is 5. The minimum Gasteiger partial charge on any atom is -0.305 e. The zero-order valence-corrected chi connectivity index (χ0v) is 13.0. The average Bonchev–Trinajstić information content (AvgIpc) is 2.88. The summed E-state index contributed by atoms with van der Waals surface area (Å²) >= 11 is 1.39. The molecule has 0 aliphatic carbocycles. The second-order valence-electron chi connectivity index (χ2n) is 4.81. The average molecular weight is 307 g/mol. The molecule has 0 amide bonds. The molecule has 3 aromatic rings. The van der Waals surface area contributed by atoms with Crippen LogP contribution in [0.5, 0.6) is 0 Å². The van der Waals surface area contributed by atoms with Crippen LogP contribution in [0.15, 0.2) is 52.6 Å². The largest absolute Gasteiger partial charge is 0.305 e. The summed E-state index contributed by atoms with van der Waals surface area (Å²) in [5, 5.41) is 18.9. The van der Waals surface area contributed by atoms with Gasteiger partial charge in [-0.2, -0.15) is 5.26 Å². The lowest BCUT2D eigenvalue weighted by Crippen LogP contribution is -1.95. The highest BCUT2D eigenvalue weighted by atomic mass is 32.2. The second kappa shape index (κ2) is 6.00. The Balaban J connectivity index is 1.92. The Hall–Kier alpha value is -2.65. The second-order valence-corrected chi connectivity index (χ2v) is 5.80. The molecule has 3 rings (SSSR count). The third-order valence-electron chi connectivity index (χ3n) is 3.15. The summed E-state index contributed by atoms with van der Waals surface area (Å²) in [5.41, 5.74) is 2.60. The standard InChI is InChI=1S/C16H13N5S/c1-11-5-3-6-12(9-11)15-19-20-16(21(15)2)22-14-8-4-7-13(10-17)18-14/h3-9H,1-2H3. The molecule has 1 aromatic carbocycles. The Morgan fingerprint density at radius 3 is 2.73 bits per heavy atom. The molecular formula is C16H13N5S. The van der Waals surface area contributed by atoms with E-state index in [0.29, 0.717) is 5.69 Å². The number of nitrogens with zero attached hydrogens (tertiary/aromatic N) is 5. The van der Waals surface area contributed by atoms with Gasteiger partial charge in [-0.15, -0.1) is 10.2 Å². The van der Waals surface area contributed by atoms with E-state index in [1.807, 2.05) is 54.9 Å². The number of nitriles is 1. The highest BCUT2D eigenvalue weighted by Gasteiger charge is 2.12. The third-order valence-corrected chi connectivity index (χ3v) is 4.12. The Morgan fingerprint density at radius 2 is 1.95 bits per heavy atom. The summed E-state index contributed by atoms with van der Waals surface area (Å²) in [6.45, 7) is 2.05. The van der Waals surface area contributed by atoms with Gasteiger partial charge in [0.2, 0.25) is 0 Å². The van der Waals surface area contributed by atoms with Crippen molar-refractivity contribution in [2.24, 2.45) is 7.05 Å². The first-order chi connectivity index (χ1) is 10.7. The van der Waals surface area contributed by atoms with Gasteiger partial charge >= 0.3 is 0 Å². The monoisotopic (exact) mass is 307 g/mol. The molecule has 0 radical (unpaired) electrons. The topological polar surface area (TPSA) is 67.4 Å². The van der Waals surface area contributed by atoms with Crippen LogP contribution >= 0.6 is 11.8 Å². The molecule has 0 saturated heterocycles. The Kier molecular flexibility index (Phi) is 3.90. The maximum Gasteiger partial charge on any atom is 0.197 e.